The molecule has 5 rings (SSSR count). The molecule has 0 N–H and O–H groups in total. The molecule has 1 aliphatic heterocycles. The van der Waals surface area contributed by atoms with Crippen LogP contribution in [0.25, 0.3) is 0 Å². The second kappa shape index (κ2) is 12.8. The molecule has 0 bridgehead atoms. The van der Waals surface area contributed by atoms with Crippen molar-refractivity contribution in [3.05, 3.63) is 125 Å². The van der Waals surface area contributed by atoms with Crippen LogP contribution in [0.15, 0.2) is 108 Å². The van der Waals surface area contributed by atoms with Gasteiger partial charge >= 0.3 is 11.9 Å². The highest BCUT2D eigenvalue weighted by molar-refractivity contribution is 5.98. The van der Waals surface area contributed by atoms with E-state index in [4.69, 9.17) is 23.7 Å². The quantitative estimate of drug-likeness (QED) is 0.181. The molecule has 0 saturated heterocycles. The Bertz CT molecular complexity index is 1520. The van der Waals surface area contributed by atoms with E-state index in [1.807, 2.05) is 60.7 Å². The van der Waals surface area contributed by atoms with Crippen LogP contribution in [0.5, 0.6) is 17.2 Å². The number of carbonyl (C=O) groups excluding carboxylic acids is 2. The summed E-state index contributed by atoms with van der Waals surface area (Å²) in [6.07, 6.45) is -0.826. The van der Waals surface area contributed by atoms with Gasteiger partial charge in [0.2, 0.25) is 5.90 Å². The maximum atomic E-state index is 13.3. The molecule has 8 heteroatoms. The third-order valence-corrected chi connectivity index (χ3v) is 6.37. The van der Waals surface area contributed by atoms with Gasteiger partial charge < -0.3 is 23.7 Å². The standard InChI is InChI=1S/C33H29NO7/c1-22(35)40-29-19-26(15-18-28(29)38-20-23-9-5-3-6-10-23)31-30(33(36)39-21-24-11-7-4-8-12-24)34-32(41-31)25-13-16-27(37-2)17-14-25/h3-19,30-31H,20-21H2,1-2H3/t30-,31-/m0/s1. The van der Waals surface area contributed by atoms with Gasteiger partial charge in [0.1, 0.15) is 19.0 Å². The van der Waals surface area contributed by atoms with Crippen molar-refractivity contribution in [3.8, 4) is 17.2 Å². The van der Waals surface area contributed by atoms with Crippen molar-refractivity contribution in [2.24, 2.45) is 4.99 Å². The first-order valence-electron chi connectivity index (χ1n) is 13.1. The van der Waals surface area contributed by atoms with Crippen LogP contribution >= 0.6 is 0 Å². The Hall–Kier alpha value is -5.11. The number of rotatable bonds is 10. The summed E-state index contributed by atoms with van der Waals surface area (Å²) >= 11 is 0. The molecule has 4 aromatic carbocycles. The van der Waals surface area contributed by atoms with Gasteiger partial charge in [-0.25, -0.2) is 9.79 Å². The lowest BCUT2D eigenvalue weighted by atomic mass is 10.0. The minimum absolute atomic E-state index is 0.0985. The van der Waals surface area contributed by atoms with Crippen molar-refractivity contribution in [2.75, 3.05) is 7.11 Å². The molecule has 208 valence electrons. The van der Waals surface area contributed by atoms with E-state index in [2.05, 4.69) is 4.99 Å². The third kappa shape index (κ3) is 6.91. The molecule has 2 atom stereocenters. The molecule has 0 spiro atoms. The Kier molecular flexibility index (Phi) is 8.59. The lowest BCUT2D eigenvalue weighted by Gasteiger charge is -2.19. The Morgan fingerprint density at radius 1 is 0.805 bits per heavy atom. The second-order valence-electron chi connectivity index (χ2n) is 9.31. The topological polar surface area (TPSA) is 92.7 Å². The molecule has 0 aromatic heterocycles. The first-order valence-corrected chi connectivity index (χ1v) is 13.1. The zero-order valence-corrected chi connectivity index (χ0v) is 22.7. The first-order chi connectivity index (χ1) is 20.0. The second-order valence-corrected chi connectivity index (χ2v) is 9.31. The largest absolute Gasteiger partial charge is 0.497 e. The lowest BCUT2D eigenvalue weighted by Crippen LogP contribution is -2.26. The van der Waals surface area contributed by atoms with Crippen LogP contribution in [0.3, 0.4) is 0 Å². The molecular weight excluding hydrogens is 522 g/mol. The first kappa shape index (κ1) is 27.5. The zero-order chi connectivity index (χ0) is 28.6. The maximum absolute atomic E-state index is 13.3. The summed E-state index contributed by atoms with van der Waals surface area (Å²) in [6, 6.07) is 30.3. The highest BCUT2D eigenvalue weighted by atomic mass is 16.6. The normalized spacial score (nSPS) is 15.8. The van der Waals surface area contributed by atoms with Crippen molar-refractivity contribution in [2.45, 2.75) is 32.3 Å². The fourth-order valence-electron chi connectivity index (χ4n) is 4.32. The van der Waals surface area contributed by atoms with Crippen LogP contribution in [0.1, 0.15) is 35.3 Å². The van der Waals surface area contributed by atoms with Crippen LogP contribution in [0.4, 0.5) is 0 Å². The minimum Gasteiger partial charge on any atom is -0.497 e. The zero-order valence-electron chi connectivity index (χ0n) is 22.7. The van der Waals surface area contributed by atoms with E-state index in [1.54, 1.807) is 49.6 Å². The van der Waals surface area contributed by atoms with E-state index in [9.17, 15) is 9.59 Å². The third-order valence-electron chi connectivity index (χ3n) is 6.37. The molecule has 4 aromatic rings. The predicted molar refractivity (Wildman–Crippen MR) is 152 cm³/mol. The van der Waals surface area contributed by atoms with Crippen molar-refractivity contribution in [3.63, 3.8) is 0 Å². The molecule has 0 aliphatic carbocycles. The number of carbonyl (C=O) groups is 2. The number of nitrogens with zero attached hydrogens (tertiary/aromatic N) is 1. The van der Waals surface area contributed by atoms with Crippen molar-refractivity contribution in [1.82, 2.24) is 0 Å². The Morgan fingerprint density at radius 3 is 2.10 bits per heavy atom. The maximum Gasteiger partial charge on any atom is 0.335 e. The van der Waals surface area contributed by atoms with Gasteiger partial charge in [0, 0.05) is 12.5 Å². The molecular formula is C33H29NO7. The van der Waals surface area contributed by atoms with E-state index in [0.29, 0.717) is 22.6 Å². The van der Waals surface area contributed by atoms with E-state index in [0.717, 1.165) is 11.1 Å². The van der Waals surface area contributed by atoms with Gasteiger partial charge in [-0.1, -0.05) is 66.7 Å². The molecule has 8 nitrogen and oxygen atoms in total. The summed E-state index contributed by atoms with van der Waals surface area (Å²) in [7, 11) is 1.58. The Morgan fingerprint density at radius 2 is 1.46 bits per heavy atom. The molecule has 1 heterocycles. The van der Waals surface area contributed by atoms with Crippen molar-refractivity contribution < 1.29 is 33.3 Å². The number of benzene rings is 4. The van der Waals surface area contributed by atoms with Gasteiger partial charge in [0.25, 0.3) is 0 Å². The number of methoxy groups -OCH3 is 1. The number of hydrogen-bond acceptors (Lipinski definition) is 8. The summed E-state index contributed by atoms with van der Waals surface area (Å²) in [5.74, 6) is 0.514. The highest BCUT2D eigenvalue weighted by Crippen LogP contribution is 2.38. The van der Waals surface area contributed by atoms with Gasteiger partial charge in [-0.05, 0) is 53.1 Å². The van der Waals surface area contributed by atoms with Crippen molar-refractivity contribution in [1.29, 1.82) is 0 Å². The number of esters is 2. The molecule has 0 saturated carbocycles. The van der Waals surface area contributed by atoms with Crippen LogP contribution < -0.4 is 14.2 Å². The van der Waals surface area contributed by atoms with Gasteiger partial charge in [-0.2, -0.15) is 0 Å². The van der Waals surface area contributed by atoms with Gasteiger partial charge in [-0.3, -0.25) is 4.79 Å². The summed E-state index contributed by atoms with van der Waals surface area (Å²) < 4.78 is 28.6. The highest BCUT2D eigenvalue weighted by Gasteiger charge is 2.40. The van der Waals surface area contributed by atoms with E-state index >= 15 is 0 Å². The van der Waals surface area contributed by atoms with Crippen LogP contribution in [0, 0.1) is 0 Å². The monoisotopic (exact) mass is 551 g/mol. The van der Waals surface area contributed by atoms with Crippen LogP contribution in [0.2, 0.25) is 0 Å². The summed E-state index contributed by atoms with van der Waals surface area (Å²) in [6.45, 7) is 1.70. The van der Waals surface area contributed by atoms with Crippen molar-refractivity contribution >= 4 is 17.8 Å². The molecule has 0 fully saturated rings. The Balaban J connectivity index is 1.42. The van der Waals surface area contributed by atoms with Crippen LogP contribution in [-0.2, 0) is 32.3 Å². The fraction of sp³-hybridized carbons (Fsp3) is 0.182. The minimum atomic E-state index is -0.989. The van der Waals surface area contributed by atoms with Gasteiger partial charge in [0.15, 0.2) is 23.6 Å². The summed E-state index contributed by atoms with van der Waals surface area (Å²) in [5, 5.41) is 0. The molecule has 0 amide bonds. The number of aliphatic imine (C=N–C) groups is 1. The molecule has 0 unspecified atom stereocenters. The average molecular weight is 552 g/mol. The fourth-order valence-corrected chi connectivity index (χ4v) is 4.32. The SMILES string of the molecule is COc1ccc(C2=N[C@H](C(=O)OCc3ccccc3)[C@H](c3ccc(OCc4ccccc4)c(OC(C)=O)c3)O2)cc1. The van der Waals surface area contributed by atoms with Crippen LogP contribution in [-0.4, -0.2) is 31.0 Å². The molecule has 41 heavy (non-hydrogen) atoms. The average Bonchev–Trinajstić information content (AvgIpc) is 3.46. The summed E-state index contributed by atoms with van der Waals surface area (Å²) in [5.41, 5.74) is 3.07. The molecule has 1 aliphatic rings. The van der Waals surface area contributed by atoms with E-state index < -0.39 is 24.1 Å². The van der Waals surface area contributed by atoms with E-state index in [-0.39, 0.29) is 24.9 Å². The Labute approximate surface area is 238 Å². The molecule has 0 radical (unpaired) electrons. The predicted octanol–water partition coefficient (Wildman–Crippen LogP) is 5.83. The number of hydrogen-bond donors (Lipinski definition) is 0. The van der Waals surface area contributed by atoms with E-state index in [1.165, 1.54) is 6.92 Å². The van der Waals surface area contributed by atoms with Gasteiger partial charge in [0.05, 0.1) is 7.11 Å². The van der Waals surface area contributed by atoms with Gasteiger partial charge in [-0.15, -0.1) is 0 Å². The lowest BCUT2D eigenvalue weighted by molar-refractivity contribution is -0.148. The summed E-state index contributed by atoms with van der Waals surface area (Å²) in [4.78, 5) is 29.9. The number of ether oxygens (including phenoxy) is 5. The smallest absolute Gasteiger partial charge is 0.335 e.